The molecule has 1 aromatic heterocycles. The molecule has 0 spiro atoms. The average molecular weight is 650 g/mol. The summed E-state index contributed by atoms with van der Waals surface area (Å²) >= 11 is 0. The molecule has 0 aliphatic carbocycles. The summed E-state index contributed by atoms with van der Waals surface area (Å²) < 4.78 is 4.74. The van der Waals surface area contributed by atoms with Crippen molar-refractivity contribution in [3.05, 3.63) is 90.4 Å². The van der Waals surface area contributed by atoms with Gasteiger partial charge in [0.05, 0.1) is 18.8 Å². The fourth-order valence-corrected chi connectivity index (χ4v) is 6.38. The van der Waals surface area contributed by atoms with E-state index in [0.717, 1.165) is 78.6 Å². The van der Waals surface area contributed by atoms with Crippen molar-refractivity contribution < 1.29 is 19.1 Å². The number of nitrogens with one attached hydrogen (secondary N) is 4. The summed E-state index contributed by atoms with van der Waals surface area (Å²) in [5.41, 5.74) is 6.31. The van der Waals surface area contributed by atoms with Gasteiger partial charge < -0.3 is 35.5 Å². The highest BCUT2D eigenvalue weighted by Gasteiger charge is 2.37. The van der Waals surface area contributed by atoms with Crippen molar-refractivity contribution in [3.8, 4) is 22.4 Å². The topological polar surface area (TPSA) is 132 Å². The maximum Gasteiger partial charge on any atom is 0.407 e. The molecule has 0 radical (unpaired) electrons. The SMILES string of the molecule is COC(=O)N[C@H](C(=O)N1CCC[C@H]1c1nc(-c2ccc(-c3ccc(NC(=O)c4ccc(N5CCNCC5)cc4)cc3)cc2)c[nH]1)C(C)C. The van der Waals surface area contributed by atoms with Gasteiger partial charge in [-0.15, -0.1) is 0 Å². The van der Waals surface area contributed by atoms with Crippen LogP contribution in [0.25, 0.3) is 22.4 Å². The maximum atomic E-state index is 13.5. The Hall–Kier alpha value is -5.16. The molecule has 3 aromatic carbocycles. The molecule has 2 aliphatic heterocycles. The smallest absolute Gasteiger partial charge is 0.407 e. The van der Waals surface area contributed by atoms with Crippen molar-refractivity contribution in [2.45, 2.75) is 38.8 Å². The lowest BCUT2D eigenvalue weighted by atomic mass is 10.0. The first-order chi connectivity index (χ1) is 23.3. The molecule has 11 heteroatoms. The molecule has 2 fully saturated rings. The van der Waals surface area contributed by atoms with Crippen LogP contribution in [0.4, 0.5) is 16.2 Å². The van der Waals surface area contributed by atoms with Gasteiger partial charge in [0, 0.05) is 61.4 Å². The van der Waals surface area contributed by atoms with E-state index in [9.17, 15) is 14.4 Å². The molecule has 48 heavy (non-hydrogen) atoms. The first-order valence-corrected chi connectivity index (χ1v) is 16.6. The molecule has 11 nitrogen and oxygen atoms in total. The summed E-state index contributed by atoms with van der Waals surface area (Å²) in [4.78, 5) is 50.5. The number of hydrogen-bond donors (Lipinski definition) is 4. The second kappa shape index (κ2) is 14.7. The Morgan fingerprint density at radius 1 is 0.875 bits per heavy atom. The predicted molar refractivity (Wildman–Crippen MR) is 187 cm³/mol. The van der Waals surface area contributed by atoms with Gasteiger partial charge in [0.25, 0.3) is 5.91 Å². The molecule has 2 aliphatic rings. The van der Waals surface area contributed by atoms with Crippen LogP contribution in [0.2, 0.25) is 0 Å². The highest BCUT2D eigenvalue weighted by molar-refractivity contribution is 6.04. The summed E-state index contributed by atoms with van der Waals surface area (Å²) in [6.45, 7) is 8.28. The number of H-pyrrole nitrogens is 1. The first kappa shape index (κ1) is 32.8. The number of benzene rings is 3. The largest absolute Gasteiger partial charge is 0.453 e. The summed E-state index contributed by atoms with van der Waals surface area (Å²) in [6, 6.07) is 22.9. The number of nitrogens with zero attached hydrogens (tertiary/aromatic N) is 3. The lowest BCUT2D eigenvalue weighted by Crippen LogP contribution is -2.51. The molecule has 0 saturated carbocycles. The van der Waals surface area contributed by atoms with Gasteiger partial charge in [-0.2, -0.15) is 0 Å². The number of amides is 3. The minimum absolute atomic E-state index is 0.0934. The van der Waals surface area contributed by atoms with Gasteiger partial charge in [-0.1, -0.05) is 50.2 Å². The quantitative estimate of drug-likeness (QED) is 0.190. The molecule has 250 valence electrons. The van der Waals surface area contributed by atoms with E-state index in [1.165, 1.54) is 7.11 Å². The van der Waals surface area contributed by atoms with Gasteiger partial charge in [-0.25, -0.2) is 9.78 Å². The molecular weight excluding hydrogens is 606 g/mol. The van der Waals surface area contributed by atoms with Gasteiger partial charge in [-0.3, -0.25) is 9.59 Å². The van der Waals surface area contributed by atoms with Crippen LogP contribution in [0.3, 0.4) is 0 Å². The molecular formula is C37H43N7O4. The number of anilines is 2. The number of imidazole rings is 1. The van der Waals surface area contributed by atoms with Crippen LogP contribution in [-0.2, 0) is 9.53 Å². The highest BCUT2D eigenvalue weighted by Crippen LogP contribution is 2.33. The zero-order valence-corrected chi connectivity index (χ0v) is 27.7. The van der Waals surface area contributed by atoms with Crippen molar-refractivity contribution in [3.63, 3.8) is 0 Å². The molecule has 2 saturated heterocycles. The van der Waals surface area contributed by atoms with Crippen LogP contribution in [0, 0.1) is 5.92 Å². The van der Waals surface area contributed by atoms with Crippen LogP contribution in [0.15, 0.2) is 79.0 Å². The Labute approximate surface area is 281 Å². The van der Waals surface area contributed by atoms with Crippen molar-refractivity contribution in [2.75, 3.05) is 50.1 Å². The highest BCUT2D eigenvalue weighted by atomic mass is 16.5. The molecule has 3 heterocycles. The predicted octanol–water partition coefficient (Wildman–Crippen LogP) is 5.45. The van der Waals surface area contributed by atoms with Crippen LogP contribution in [-0.4, -0.2) is 78.7 Å². The minimum Gasteiger partial charge on any atom is -0.453 e. The van der Waals surface area contributed by atoms with E-state index in [1.807, 2.05) is 97.7 Å². The van der Waals surface area contributed by atoms with E-state index in [4.69, 9.17) is 9.72 Å². The van der Waals surface area contributed by atoms with Gasteiger partial charge in [0.15, 0.2) is 0 Å². The van der Waals surface area contributed by atoms with Gasteiger partial charge in [-0.05, 0) is 66.3 Å². The zero-order chi connectivity index (χ0) is 33.6. The van der Waals surface area contributed by atoms with E-state index in [0.29, 0.717) is 12.1 Å². The average Bonchev–Trinajstić information content (AvgIpc) is 3.82. The Bertz CT molecular complexity index is 1710. The van der Waals surface area contributed by atoms with Crippen molar-refractivity contribution in [1.29, 1.82) is 0 Å². The van der Waals surface area contributed by atoms with E-state index in [2.05, 4.69) is 25.8 Å². The third-order valence-corrected chi connectivity index (χ3v) is 9.11. The number of alkyl carbamates (subject to hydrolysis) is 1. The van der Waals surface area contributed by atoms with Crippen molar-refractivity contribution in [1.82, 2.24) is 25.5 Å². The van der Waals surface area contributed by atoms with Crippen molar-refractivity contribution >= 4 is 29.3 Å². The lowest BCUT2D eigenvalue weighted by molar-refractivity contribution is -0.135. The number of ether oxygens (including phenoxy) is 1. The third kappa shape index (κ3) is 7.36. The van der Waals surface area contributed by atoms with Crippen LogP contribution < -0.4 is 20.9 Å². The van der Waals surface area contributed by atoms with Gasteiger partial charge >= 0.3 is 6.09 Å². The Morgan fingerprint density at radius 2 is 1.52 bits per heavy atom. The first-order valence-electron chi connectivity index (χ1n) is 16.6. The minimum atomic E-state index is -0.676. The van der Waals surface area contributed by atoms with E-state index < -0.39 is 12.1 Å². The number of hydrogen-bond acceptors (Lipinski definition) is 7. The van der Waals surface area contributed by atoms with Crippen LogP contribution in [0.1, 0.15) is 48.9 Å². The number of likely N-dealkylation sites (tertiary alicyclic amines) is 1. The van der Waals surface area contributed by atoms with E-state index >= 15 is 0 Å². The normalized spacial score (nSPS) is 16.9. The number of aromatic amines is 1. The summed E-state index contributed by atoms with van der Waals surface area (Å²) in [5.74, 6) is 0.364. The molecule has 0 bridgehead atoms. The van der Waals surface area contributed by atoms with Crippen molar-refractivity contribution in [2.24, 2.45) is 5.92 Å². The monoisotopic (exact) mass is 649 g/mol. The molecule has 2 atom stereocenters. The fourth-order valence-electron chi connectivity index (χ4n) is 6.38. The number of methoxy groups -OCH3 is 1. The number of aromatic nitrogens is 2. The Kier molecular flexibility index (Phi) is 10.1. The number of piperazine rings is 1. The fraction of sp³-hybridized carbons (Fsp3) is 0.351. The summed E-state index contributed by atoms with van der Waals surface area (Å²) in [7, 11) is 1.29. The molecule has 4 N–H and O–H groups in total. The van der Waals surface area contributed by atoms with Crippen LogP contribution >= 0.6 is 0 Å². The zero-order valence-electron chi connectivity index (χ0n) is 27.7. The van der Waals surface area contributed by atoms with Crippen LogP contribution in [0.5, 0.6) is 0 Å². The molecule has 3 amide bonds. The van der Waals surface area contributed by atoms with E-state index in [1.54, 1.807) is 0 Å². The number of carbonyl (C=O) groups is 3. The second-order valence-corrected chi connectivity index (χ2v) is 12.6. The summed E-state index contributed by atoms with van der Waals surface area (Å²) in [5, 5.41) is 9.05. The molecule has 4 aromatic rings. The molecule has 0 unspecified atom stereocenters. The number of carbonyl (C=O) groups excluding carboxylic acids is 3. The molecule has 6 rings (SSSR count). The van der Waals surface area contributed by atoms with E-state index in [-0.39, 0.29) is 23.8 Å². The Balaban J connectivity index is 1.07. The maximum absolute atomic E-state index is 13.5. The number of rotatable bonds is 9. The third-order valence-electron chi connectivity index (χ3n) is 9.11. The Morgan fingerprint density at radius 3 is 2.17 bits per heavy atom. The van der Waals surface area contributed by atoms with Gasteiger partial charge in [0.2, 0.25) is 5.91 Å². The standard InChI is InChI=1S/C37H43N7O4/c1-24(2)33(42-37(47)48-3)36(46)44-20-4-5-32(44)34-39-23-31(41-34)27-8-6-25(7-9-27)26-10-14-29(15-11-26)40-35(45)28-12-16-30(17-13-28)43-21-18-38-19-22-43/h6-17,23-24,32-33,38H,4-5,18-22H2,1-3H3,(H,39,41)(H,40,45)(H,42,47)/t32-,33-/m0/s1. The van der Waals surface area contributed by atoms with Gasteiger partial charge in [0.1, 0.15) is 11.9 Å². The summed E-state index contributed by atoms with van der Waals surface area (Å²) in [6.07, 6.45) is 2.90. The second-order valence-electron chi connectivity index (χ2n) is 12.6. The lowest BCUT2D eigenvalue weighted by Gasteiger charge is -2.29.